The van der Waals surface area contributed by atoms with Crippen molar-refractivity contribution in [1.29, 1.82) is 0 Å². The number of unbranched alkanes of at least 4 members (excludes halogenated alkanes) is 1. The van der Waals surface area contributed by atoms with Gasteiger partial charge in [0.05, 0.1) is 12.7 Å². The molecule has 0 bridgehead atoms. The van der Waals surface area contributed by atoms with Crippen molar-refractivity contribution >= 4 is 11.9 Å². The number of carbonyl (C=O) groups excluding carboxylic acids is 1. The van der Waals surface area contributed by atoms with Crippen molar-refractivity contribution in [2.45, 2.75) is 58.1 Å². The topological polar surface area (TPSA) is 107 Å². The van der Waals surface area contributed by atoms with Crippen molar-refractivity contribution in [3.63, 3.8) is 0 Å². The van der Waals surface area contributed by atoms with E-state index in [-0.39, 0.29) is 12.3 Å². The molecule has 0 aromatic carbocycles. The minimum atomic E-state index is -0.980. The van der Waals surface area contributed by atoms with Crippen LogP contribution < -0.4 is 5.73 Å². The zero-order valence-electron chi connectivity index (χ0n) is 14.1. The van der Waals surface area contributed by atoms with Crippen LogP contribution in [-0.2, 0) is 27.8 Å². The van der Waals surface area contributed by atoms with E-state index in [2.05, 4.69) is 11.9 Å². The van der Waals surface area contributed by atoms with Gasteiger partial charge in [0.25, 0.3) is 0 Å². The molecular weight excluding hydrogens is 298 g/mol. The van der Waals surface area contributed by atoms with E-state index in [0.29, 0.717) is 6.42 Å². The largest absolute Gasteiger partial charge is 0.481 e. The van der Waals surface area contributed by atoms with Gasteiger partial charge in [-0.25, -0.2) is 4.98 Å². The number of carboxylic acids is 1. The average Bonchev–Trinajstić information content (AvgIpc) is 2.88. The number of carboxylic acid groups (broad SMARTS) is 1. The first-order valence-electron chi connectivity index (χ1n) is 7.98. The standard InChI is InChI=1S/C16H27N3O4/c1-4-5-6-11(2)14(8-15(20)21)23-16(22)13(17)7-12-9-18-10-19(12)3/h9-11,13-14H,4-8,17H2,1-3H3,(H,20,21)/t11-,13-,14-/m0/s1. The number of nitrogens with zero attached hydrogens (tertiary/aromatic N) is 2. The van der Waals surface area contributed by atoms with Crippen LogP contribution >= 0.6 is 0 Å². The van der Waals surface area contributed by atoms with Crippen molar-refractivity contribution in [3.8, 4) is 0 Å². The summed E-state index contributed by atoms with van der Waals surface area (Å²) in [5.41, 5.74) is 6.72. The molecule has 0 aliphatic carbocycles. The Morgan fingerprint density at radius 2 is 2.17 bits per heavy atom. The van der Waals surface area contributed by atoms with Crippen LogP contribution in [0.15, 0.2) is 12.5 Å². The molecule has 0 spiro atoms. The SMILES string of the molecule is CCCC[C@H](C)[C@H](CC(=O)O)OC(=O)[C@@H](N)Cc1cncn1C. The second-order valence-electron chi connectivity index (χ2n) is 6.00. The average molecular weight is 325 g/mol. The van der Waals surface area contributed by atoms with Crippen LogP contribution in [0.2, 0.25) is 0 Å². The summed E-state index contributed by atoms with van der Waals surface area (Å²) in [6.45, 7) is 3.97. The molecule has 0 unspecified atom stereocenters. The Labute approximate surface area is 136 Å². The predicted molar refractivity (Wildman–Crippen MR) is 85.7 cm³/mol. The quantitative estimate of drug-likeness (QED) is 0.631. The lowest BCUT2D eigenvalue weighted by Gasteiger charge is -2.24. The molecule has 0 aliphatic heterocycles. The van der Waals surface area contributed by atoms with Crippen LogP contribution in [0.1, 0.15) is 45.2 Å². The number of hydrogen-bond acceptors (Lipinski definition) is 5. The van der Waals surface area contributed by atoms with E-state index in [9.17, 15) is 9.59 Å². The highest BCUT2D eigenvalue weighted by Gasteiger charge is 2.27. The maximum Gasteiger partial charge on any atom is 0.323 e. The van der Waals surface area contributed by atoms with Crippen LogP contribution in [0.4, 0.5) is 0 Å². The lowest BCUT2D eigenvalue weighted by Crippen LogP contribution is -2.39. The monoisotopic (exact) mass is 325 g/mol. The van der Waals surface area contributed by atoms with Gasteiger partial charge in [0.15, 0.2) is 0 Å². The van der Waals surface area contributed by atoms with E-state index >= 15 is 0 Å². The highest BCUT2D eigenvalue weighted by molar-refractivity contribution is 5.76. The number of carbonyl (C=O) groups is 2. The molecule has 7 nitrogen and oxygen atoms in total. The Balaban J connectivity index is 2.63. The molecule has 0 saturated heterocycles. The molecule has 0 fully saturated rings. The number of imidazole rings is 1. The fraction of sp³-hybridized carbons (Fsp3) is 0.688. The minimum absolute atomic E-state index is 0.0149. The number of hydrogen-bond donors (Lipinski definition) is 2. The third kappa shape index (κ3) is 6.40. The molecule has 1 aromatic heterocycles. The summed E-state index contributed by atoms with van der Waals surface area (Å²) in [5.74, 6) is -1.56. The van der Waals surface area contributed by atoms with Gasteiger partial charge in [0.1, 0.15) is 12.1 Å². The first-order chi connectivity index (χ1) is 10.8. The van der Waals surface area contributed by atoms with Gasteiger partial charge in [-0.3, -0.25) is 9.59 Å². The van der Waals surface area contributed by atoms with Gasteiger partial charge in [-0.05, 0) is 12.3 Å². The number of aliphatic carboxylic acids is 1. The van der Waals surface area contributed by atoms with Crippen LogP contribution in [0.3, 0.4) is 0 Å². The Hall–Kier alpha value is -1.89. The fourth-order valence-corrected chi connectivity index (χ4v) is 2.37. The molecule has 7 heteroatoms. The summed E-state index contributed by atoms with van der Waals surface area (Å²) in [7, 11) is 1.82. The highest BCUT2D eigenvalue weighted by atomic mass is 16.5. The van der Waals surface area contributed by atoms with Gasteiger partial charge in [-0.15, -0.1) is 0 Å². The number of esters is 1. The molecule has 130 valence electrons. The first-order valence-corrected chi connectivity index (χ1v) is 7.98. The molecular formula is C16H27N3O4. The Morgan fingerprint density at radius 1 is 1.48 bits per heavy atom. The number of nitrogens with two attached hydrogens (primary N) is 1. The van der Waals surface area contributed by atoms with Gasteiger partial charge in [0, 0.05) is 25.4 Å². The molecule has 1 heterocycles. The van der Waals surface area contributed by atoms with Crippen molar-refractivity contribution in [2.24, 2.45) is 18.7 Å². The van der Waals surface area contributed by atoms with E-state index in [0.717, 1.165) is 25.0 Å². The zero-order chi connectivity index (χ0) is 17.4. The van der Waals surface area contributed by atoms with E-state index in [4.69, 9.17) is 15.6 Å². The van der Waals surface area contributed by atoms with E-state index < -0.39 is 24.1 Å². The summed E-state index contributed by atoms with van der Waals surface area (Å²) < 4.78 is 7.18. The number of rotatable bonds is 10. The van der Waals surface area contributed by atoms with Gasteiger partial charge in [-0.1, -0.05) is 26.7 Å². The normalized spacial score (nSPS) is 15.0. The number of aryl methyl sites for hydroxylation is 1. The summed E-state index contributed by atoms with van der Waals surface area (Å²) in [4.78, 5) is 27.2. The second-order valence-corrected chi connectivity index (χ2v) is 6.00. The zero-order valence-corrected chi connectivity index (χ0v) is 14.1. The molecule has 3 N–H and O–H groups in total. The molecule has 0 aliphatic rings. The molecule has 3 atom stereocenters. The van der Waals surface area contributed by atoms with Gasteiger partial charge in [0.2, 0.25) is 0 Å². The van der Waals surface area contributed by atoms with Crippen LogP contribution in [0.5, 0.6) is 0 Å². The second kappa shape index (κ2) is 9.29. The van der Waals surface area contributed by atoms with Crippen molar-refractivity contribution in [1.82, 2.24) is 9.55 Å². The third-order valence-corrected chi connectivity index (χ3v) is 3.94. The Morgan fingerprint density at radius 3 is 2.70 bits per heavy atom. The van der Waals surface area contributed by atoms with Crippen molar-refractivity contribution in [3.05, 3.63) is 18.2 Å². The Bertz CT molecular complexity index is 515. The number of ether oxygens (including phenoxy) is 1. The van der Waals surface area contributed by atoms with Crippen LogP contribution in [-0.4, -0.2) is 38.7 Å². The maximum atomic E-state index is 12.2. The maximum absolute atomic E-state index is 12.2. The lowest BCUT2D eigenvalue weighted by atomic mass is 9.95. The molecule has 0 amide bonds. The lowest BCUT2D eigenvalue weighted by molar-refractivity contribution is -0.157. The molecule has 0 saturated carbocycles. The third-order valence-electron chi connectivity index (χ3n) is 3.94. The van der Waals surface area contributed by atoms with Gasteiger partial charge < -0.3 is 20.1 Å². The van der Waals surface area contributed by atoms with E-state index in [1.807, 2.05) is 14.0 Å². The fourth-order valence-electron chi connectivity index (χ4n) is 2.37. The summed E-state index contributed by atoms with van der Waals surface area (Å²) in [6, 6.07) is -0.833. The molecule has 1 aromatic rings. The van der Waals surface area contributed by atoms with Gasteiger partial charge >= 0.3 is 11.9 Å². The van der Waals surface area contributed by atoms with Crippen molar-refractivity contribution in [2.75, 3.05) is 0 Å². The molecule has 23 heavy (non-hydrogen) atoms. The number of aromatic nitrogens is 2. The molecule has 0 radical (unpaired) electrons. The summed E-state index contributed by atoms with van der Waals surface area (Å²) in [6.07, 6.45) is 5.53. The smallest absolute Gasteiger partial charge is 0.323 e. The van der Waals surface area contributed by atoms with Crippen LogP contribution in [0, 0.1) is 5.92 Å². The van der Waals surface area contributed by atoms with Crippen LogP contribution in [0.25, 0.3) is 0 Å². The summed E-state index contributed by atoms with van der Waals surface area (Å²) in [5, 5.41) is 9.02. The van der Waals surface area contributed by atoms with Gasteiger partial charge in [-0.2, -0.15) is 0 Å². The predicted octanol–water partition coefficient (Wildman–Crippen LogP) is 1.50. The minimum Gasteiger partial charge on any atom is -0.481 e. The van der Waals surface area contributed by atoms with E-state index in [1.165, 1.54) is 0 Å². The van der Waals surface area contributed by atoms with E-state index in [1.54, 1.807) is 17.1 Å². The first kappa shape index (κ1) is 19.2. The summed E-state index contributed by atoms with van der Waals surface area (Å²) >= 11 is 0. The Kier molecular flexibility index (Phi) is 7.74. The molecule has 1 rings (SSSR count). The highest BCUT2D eigenvalue weighted by Crippen LogP contribution is 2.19. The van der Waals surface area contributed by atoms with Crippen molar-refractivity contribution < 1.29 is 19.4 Å².